The molecule has 1 aliphatic heterocycles. The van der Waals surface area contributed by atoms with Crippen LogP contribution in [0, 0.1) is 6.92 Å². The number of fused-ring (bicyclic) bond motifs is 1. The number of benzene rings is 2. The Labute approximate surface area is 125 Å². The number of rotatable bonds is 1. The number of hydrogen-bond acceptors (Lipinski definition) is 1. The predicted molar refractivity (Wildman–Crippen MR) is 87.6 cm³/mol. The van der Waals surface area contributed by atoms with Crippen molar-refractivity contribution in [3.63, 3.8) is 0 Å². The second-order valence-corrected chi connectivity index (χ2v) is 5.79. The van der Waals surface area contributed by atoms with Gasteiger partial charge in [-0.25, -0.2) is 0 Å². The summed E-state index contributed by atoms with van der Waals surface area (Å²) in [5.41, 5.74) is 6.30. The molecule has 20 heavy (non-hydrogen) atoms. The third kappa shape index (κ3) is 2.46. The molecule has 1 aliphatic rings. The Bertz CT molecular complexity index is 656. The van der Waals surface area contributed by atoms with E-state index in [1.165, 1.54) is 28.0 Å². The molecule has 0 amide bonds. The Morgan fingerprint density at radius 2 is 1.80 bits per heavy atom. The van der Waals surface area contributed by atoms with Crippen molar-refractivity contribution in [2.75, 3.05) is 18.5 Å². The van der Waals surface area contributed by atoms with Gasteiger partial charge in [-0.15, -0.1) is 0 Å². The highest BCUT2D eigenvalue weighted by atomic mass is 35.5. The topological polar surface area (TPSA) is 3.24 Å². The van der Waals surface area contributed by atoms with Gasteiger partial charge < -0.3 is 4.90 Å². The molecule has 0 aliphatic carbocycles. The molecular formula is C18H18ClN. The second-order valence-electron chi connectivity index (χ2n) is 5.36. The van der Waals surface area contributed by atoms with Gasteiger partial charge >= 0.3 is 0 Å². The fourth-order valence-electron chi connectivity index (χ4n) is 2.70. The van der Waals surface area contributed by atoms with E-state index in [4.69, 9.17) is 11.6 Å². The largest absolute Gasteiger partial charge is 0.374 e. The highest BCUT2D eigenvalue weighted by Gasteiger charge is 2.16. The number of aryl methyl sites for hydroxylation is 1. The van der Waals surface area contributed by atoms with E-state index in [0.29, 0.717) is 0 Å². The Balaban J connectivity index is 2.16. The maximum Gasteiger partial charge on any atom is 0.0444 e. The molecule has 0 N–H and O–H groups in total. The lowest BCUT2D eigenvalue weighted by molar-refractivity contribution is 0.906. The highest BCUT2D eigenvalue weighted by molar-refractivity contribution is 6.31. The Hall–Kier alpha value is -1.73. The number of anilines is 1. The first-order chi connectivity index (χ1) is 9.65. The molecule has 0 saturated heterocycles. The summed E-state index contributed by atoms with van der Waals surface area (Å²) in [5.74, 6) is 0. The molecular weight excluding hydrogens is 266 g/mol. The third-order valence-electron chi connectivity index (χ3n) is 3.84. The van der Waals surface area contributed by atoms with Crippen molar-refractivity contribution in [2.45, 2.75) is 13.3 Å². The molecule has 1 heterocycles. The van der Waals surface area contributed by atoms with E-state index in [1.807, 2.05) is 6.07 Å². The van der Waals surface area contributed by atoms with Crippen molar-refractivity contribution in [1.29, 1.82) is 0 Å². The Morgan fingerprint density at radius 1 is 1.05 bits per heavy atom. The average molecular weight is 284 g/mol. The Kier molecular flexibility index (Phi) is 3.54. The van der Waals surface area contributed by atoms with Crippen molar-refractivity contribution >= 4 is 22.9 Å². The van der Waals surface area contributed by atoms with E-state index < -0.39 is 0 Å². The minimum Gasteiger partial charge on any atom is -0.374 e. The van der Waals surface area contributed by atoms with Gasteiger partial charge in [0.2, 0.25) is 0 Å². The predicted octanol–water partition coefficient (Wildman–Crippen LogP) is 4.92. The standard InChI is InChI=1S/C18H18ClN/c1-13-5-7-14(8-6-13)16-4-3-11-20(2)18-10-9-15(19)12-17(16)18/h4-10,12H,3,11H2,1-2H3. The van der Waals surface area contributed by atoms with Crippen molar-refractivity contribution in [3.8, 4) is 0 Å². The van der Waals surface area contributed by atoms with Gasteiger partial charge in [0.1, 0.15) is 0 Å². The lowest BCUT2D eigenvalue weighted by Gasteiger charge is -2.20. The van der Waals surface area contributed by atoms with Crippen LogP contribution in [-0.2, 0) is 0 Å². The summed E-state index contributed by atoms with van der Waals surface area (Å²) >= 11 is 6.21. The zero-order valence-electron chi connectivity index (χ0n) is 11.9. The van der Waals surface area contributed by atoms with Crippen LogP contribution < -0.4 is 4.90 Å². The van der Waals surface area contributed by atoms with Gasteiger partial charge in [0.25, 0.3) is 0 Å². The summed E-state index contributed by atoms with van der Waals surface area (Å²) in [4.78, 5) is 2.29. The summed E-state index contributed by atoms with van der Waals surface area (Å²) in [7, 11) is 2.14. The molecule has 1 nitrogen and oxygen atoms in total. The van der Waals surface area contributed by atoms with Crippen LogP contribution in [0.5, 0.6) is 0 Å². The molecule has 0 fully saturated rings. The smallest absolute Gasteiger partial charge is 0.0444 e. The zero-order valence-corrected chi connectivity index (χ0v) is 12.6. The number of nitrogens with zero attached hydrogens (tertiary/aromatic N) is 1. The van der Waals surface area contributed by atoms with Crippen LogP contribution in [0.4, 0.5) is 5.69 Å². The minimum absolute atomic E-state index is 0.789. The van der Waals surface area contributed by atoms with Gasteiger partial charge in [-0.05, 0) is 42.7 Å². The molecule has 2 aromatic rings. The van der Waals surface area contributed by atoms with Crippen molar-refractivity contribution < 1.29 is 0 Å². The van der Waals surface area contributed by atoms with E-state index in [-0.39, 0.29) is 0 Å². The molecule has 102 valence electrons. The van der Waals surface area contributed by atoms with Crippen molar-refractivity contribution in [3.05, 3.63) is 70.3 Å². The minimum atomic E-state index is 0.789. The van der Waals surface area contributed by atoms with E-state index >= 15 is 0 Å². The monoisotopic (exact) mass is 283 g/mol. The molecule has 0 aromatic heterocycles. The molecule has 0 bridgehead atoms. The van der Waals surface area contributed by atoms with Gasteiger partial charge in [0.05, 0.1) is 0 Å². The first-order valence-electron chi connectivity index (χ1n) is 6.93. The molecule has 0 spiro atoms. The van der Waals surface area contributed by atoms with Gasteiger partial charge in [0, 0.05) is 29.9 Å². The van der Waals surface area contributed by atoms with Gasteiger partial charge in [-0.2, -0.15) is 0 Å². The third-order valence-corrected chi connectivity index (χ3v) is 4.07. The van der Waals surface area contributed by atoms with Crippen LogP contribution in [0.2, 0.25) is 5.02 Å². The summed E-state index contributed by atoms with van der Waals surface area (Å²) in [6.45, 7) is 3.15. The lowest BCUT2D eigenvalue weighted by Crippen LogP contribution is -2.17. The molecule has 0 radical (unpaired) electrons. The lowest BCUT2D eigenvalue weighted by atomic mass is 9.95. The molecule has 0 saturated carbocycles. The summed E-state index contributed by atoms with van der Waals surface area (Å²) in [6, 6.07) is 14.9. The van der Waals surface area contributed by atoms with Crippen molar-refractivity contribution in [2.24, 2.45) is 0 Å². The first kappa shape index (κ1) is 13.3. The van der Waals surface area contributed by atoms with Crippen LogP contribution in [0.15, 0.2) is 48.5 Å². The van der Waals surface area contributed by atoms with Gasteiger partial charge in [0.15, 0.2) is 0 Å². The van der Waals surface area contributed by atoms with Crippen LogP contribution >= 0.6 is 11.6 Å². The van der Waals surface area contributed by atoms with Crippen LogP contribution in [0.3, 0.4) is 0 Å². The van der Waals surface area contributed by atoms with Crippen LogP contribution in [0.25, 0.3) is 5.57 Å². The fourth-order valence-corrected chi connectivity index (χ4v) is 2.87. The molecule has 0 atom stereocenters. The van der Waals surface area contributed by atoms with Crippen molar-refractivity contribution in [1.82, 2.24) is 0 Å². The maximum absolute atomic E-state index is 6.21. The van der Waals surface area contributed by atoms with Gasteiger partial charge in [-0.3, -0.25) is 0 Å². The van der Waals surface area contributed by atoms with Gasteiger partial charge in [-0.1, -0.05) is 47.5 Å². The van der Waals surface area contributed by atoms with E-state index in [1.54, 1.807) is 0 Å². The number of hydrogen-bond donors (Lipinski definition) is 0. The average Bonchev–Trinajstić information content (AvgIpc) is 2.59. The SMILES string of the molecule is Cc1ccc(C2=CCCN(C)c3ccc(Cl)cc32)cc1. The second kappa shape index (κ2) is 5.34. The molecule has 3 rings (SSSR count). The molecule has 2 heteroatoms. The number of halogens is 1. The fraction of sp³-hybridized carbons (Fsp3) is 0.222. The molecule has 0 unspecified atom stereocenters. The first-order valence-corrected chi connectivity index (χ1v) is 7.31. The summed E-state index contributed by atoms with van der Waals surface area (Å²) in [6.07, 6.45) is 3.37. The zero-order chi connectivity index (χ0) is 14.1. The summed E-state index contributed by atoms with van der Waals surface area (Å²) < 4.78 is 0. The van der Waals surface area contributed by atoms with E-state index in [0.717, 1.165) is 18.0 Å². The normalized spacial score (nSPS) is 14.6. The Morgan fingerprint density at radius 3 is 2.55 bits per heavy atom. The quantitative estimate of drug-likeness (QED) is 0.718. The van der Waals surface area contributed by atoms with Crippen LogP contribution in [0.1, 0.15) is 23.1 Å². The highest BCUT2D eigenvalue weighted by Crippen LogP contribution is 2.35. The van der Waals surface area contributed by atoms with Crippen LogP contribution in [-0.4, -0.2) is 13.6 Å². The van der Waals surface area contributed by atoms with E-state index in [2.05, 4.69) is 61.3 Å². The van der Waals surface area contributed by atoms with E-state index in [9.17, 15) is 0 Å². The summed E-state index contributed by atoms with van der Waals surface area (Å²) in [5, 5.41) is 0.789. The molecule has 2 aromatic carbocycles. The maximum atomic E-state index is 6.21.